The number of carbonyl (C=O) groups is 1. The van der Waals surface area contributed by atoms with E-state index in [1.54, 1.807) is 35.7 Å². The first-order valence-electron chi connectivity index (χ1n) is 12.1. The van der Waals surface area contributed by atoms with Gasteiger partial charge in [-0.3, -0.25) is 4.90 Å². The molecule has 0 spiro atoms. The normalized spacial score (nSPS) is 15.7. The quantitative estimate of drug-likeness (QED) is 0.463. The second kappa shape index (κ2) is 9.76. The molecule has 0 saturated carbocycles. The predicted octanol–water partition coefficient (Wildman–Crippen LogP) is 5.08. The number of rotatable bonds is 7. The number of halogens is 3. The van der Waals surface area contributed by atoms with Gasteiger partial charge < -0.3 is 10.0 Å². The summed E-state index contributed by atoms with van der Waals surface area (Å²) in [5.74, 6) is 0. The van der Waals surface area contributed by atoms with Crippen molar-refractivity contribution in [1.82, 2.24) is 19.9 Å². The van der Waals surface area contributed by atoms with Crippen LogP contribution in [-0.4, -0.2) is 48.7 Å². The van der Waals surface area contributed by atoms with Crippen molar-refractivity contribution in [2.75, 3.05) is 11.4 Å². The van der Waals surface area contributed by atoms with Gasteiger partial charge in [0.15, 0.2) is 0 Å². The zero-order chi connectivity index (χ0) is 27.9. The minimum Gasteiger partial charge on any atom is -0.390 e. The molecule has 200 valence electrons. The number of amides is 2. The van der Waals surface area contributed by atoms with Gasteiger partial charge in [-0.15, -0.1) is 5.10 Å². The number of anilines is 1. The van der Waals surface area contributed by atoms with Crippen LogP contribution >= 0.6 is 0 Å². The molecule has 38 heavy (non-hydrogen) atoms. The number of benzene rings is 2. The minimum absolute atomic E-state index is 0.0961. The number of hydrogen-bond donors (Lipinski definition) is 1. The molecule has 1 aromatic heterocycles. The third-order valence-electron chi connectivity index (χ3n) is 6.55. The summed E-state index contributed by atoms with van der Waals surface area (Å²) in [6.45, 7) is 7.66. The van der Waals surface area contributed by atoms with Crippen LogP contribution in [0.25, 0.3) is 5.69 Å². The number of aromatic nitrogens is 3. The lowest BCUT2D eigenvalue weighted by atomic mass is 10.0. The van der Waals surface area contributed by atoms with E-state index in [0.717, 1.165) is 29.1 Å². The van der Waals surface area contributed by atoms with Gasteiger partial charge in [-0.25, -0.2) is 9.48 Å². The average Bonchev–Trinajstić information content (AvgIpc) is 3.40. The standard InChI is InChI=1S/C27H29F3N6O2/c1-25(2)17-34(22-10-7-19(14-31)23(13-22)27(28,29)30)24(37)35(25)15-18-5-8-21(9-6-18)36-16-20(32-33-36)11-12-26(3,4)38/h5-10,13,16,38H,11-12,15,17H2,1-4H3. The Balaban J connectivity index is 1.50. The Morgan fingerprint density at radius 2 is 1.76 bits per heavy atom. The number of aliphatic hydroxyl groups is 1. The summed E-state index contributed by atoms with van der Waals surface area (Å²) in [5.41, 5.74) is -0.506. The highest BCUT2D eigenvalue weighted by Gasteiger charge is 2.44. The van der Waals surface area contributed by atoms with Crippen LogP contribution in [-0.2, 0) is 19.1 Å². The lowest BCUT2D eigenvalue weighted by Gasteiger charge is -2.29. The van der Waals surface area contributed by atoms with Crippen LogP contribution in [0.15, 0.2) is 48.7 Å². The molecule has 0 aliphatic carbocycles. The molecule has 2 amide bonds. The first kappa shape index (κ1) is 27.1. The Hall–Kier alpha value is -3.91. The fourth-order valence-corrected chi connectivity index (χ4v) is 4.37. The van der Waals surface area contributed by atoms with Gasteiger partial charge in [-0.2, -0.15) is 18.4 Å². The van der Waals surface area contributed by atoms with Crippen molar-refractivity contribution < 1.29 is 23.1 Å². The van der Waals surface area contributed by atoms with Crippen molar-refractivity contribution in [3.8, 4) is 11.8 Å². The molecule has 11 heteroatoms. The molecular weight excluding hydrogens is 497 g/mol. The minimum atomic E-state index is -4.71. The molecule has 2 aromatic carbocycles. The van der Waals surface area contributed by atoms with E-state index >= 15 is 0 Å². The Bertz CT molecular complexity index is 1370. The van der Waals surface area contributed by atoms with Crippen LogP contribution < -0.4 is 4.90 Å². The van der Waals surface area contributed by atoms with Crippen LogP contribution in [0.1, 0.15) is 56.5 Å². The lowest BCUT2D eigenvalue weighted by Crippen LogP contribution is -2.41. The maximum atomic E-state index is 13.5. The van der Waals surface area contributed by atoms with Crippen LogP contribution in [0.3, 0.4) is 0 Å². The highest BCUT2D eigenvalue weighted by molar-refractivity contribution is 5.95. The van der Waals surface area contributed by atoms with Gasteiger partial charge in [0.25, 0.3) is 0 Å². The Morgan fingerprint density at radius 1 is 1.11 bits per heavy atom. The first-order chi connectivity index (χ1) is 17.7. The van der Waals surface area contributed by atoms with Gasteiger partial charge in [0.1, 0.15) is 0 Å². The summed E-state index contributed by atoms with van der Waals surface area (Å²) in [5, 5.41) is 27.3. The van der Waals surface area contributed by atoms with E-state index in [1.807, 2.05) is 38.1 Å². The molecule has 1 saturated heterocycles. The third kappa shape index (κ3) is 5.81. The molecule has 0 atom stereocenters. The van der Waals surface area contributed by atoms with Crippen molar-refractivity contribution in [2.45, 2.75) is 64.4 Å². The van der Waals surface area contributed by atoms with Gasteiger partial charge in [-0.05, 0) is 76.4 Å². The molecule has 3 aromatic rings. The molecule has 4 rings (SSSR count). The third-order valence-corrected chi connectivity index (χ3v) is 6.55. The summed E-state index contributed by atoms with van der Waals surface area (Å²) in [6.07, 6.45) is -1.76. The van der Waals surface area contributed by atoms with Gasteiger partial charge >= 0.3 is 12.2 Å². The van der Waals surface area contributed by atoms with E-state index in [4.69, 9.17) is 5.26 Å². The Labute approximate surface area is 218 Å². The van der Waals surface area contributed by atoms with Crippen molar-refractivity contribution >= 4 is 11.7 Å². The fourth-order valence-electron chi connectivity index (χ4n) is 4.37. The summed E-state index contributed by atoms with van der Waals surface area (Å²) in [4.78, 5) is 16.3. The highest BCUT2D eigenvalue weighted by Crippen LogP contribution is 2.37. The lowest BCUT2D eigenvalue weighted by molar-refractivity contribution is -0.137. The number of nitriles is 1. The molecule has 0 bridgehead atoms. The number of nitrogens with zero attached hydrogens (tertiary/aromatic N) is 6. The maximum absolute atomic E-state index is 13.5. The summed E-state index contributed by atoms with van der Waals surface area (Å²) in [7, 11) is 0. The first-order valence-corrected chi connectivity index (χ1v) is 12.1. The Morgan fingerprint density at radius 3 is 2.37 bits per heavy atom. The van der Waals surface area contributed by atoms with Crippen LogP contribution in [0.5, 0.6) is 0 Å². The topological polar surface area (TPSA) is 98.3 Å². The average molecular weight is 527 g/mol. The molecule has 8 nitrogen and oxygen atoms in total. The molecule has 2 heterocycles. The second-order valence-corrected chi connectivity index (χ2v) is 10.7. The molecule has 1 aliphatic rings. The highest BCUT2D eigenvalue weighted by atomic mass is 19.4. The van der Waals surface area contributed by atoms with E-state index in [0.29, 0.717) is 12.8 Å². The summed E-state index contributed by atoms with van der Waals surface area (Å²) < 4.78 is 42.1. The number of aryl methyl sites for hydroxylation is 1. The molecule has 0 radical (unpaired) electrons. The van der Waals surface area contributed by atoms with Gasteiger partial charge in [0.2, 0.25) is 0 Å². The SMILES string of the molecule is CC(C)(O)CCc1cn(-c2ccc(CN3C(=O)N(c4ccc(C#N)c(C(F)(F)F)c4)CC3(C)C)cc2)nn1. The van der Waals surface area contributed by atoms with Gasteiger partial charge in [0, 0.05) is 12.2 Å². The smallest absolute Gasteiger partial charge is 0.390 e. The zero-order valence-corrected chi connectivity index (χ0v) is 21.6. The largest absolute Gasteiger partial charge is 0.417 e. The van der Waals surface area contributed by atoms with E-state index in [2.05, 4.69) is 10.3 Å². The summed E-state index contributed by atoms with van der Waals surface area (Å²) in [6, 6.07) is 11.9. The zero-order valence-electron chi connectivity index (χ0n) is 21.6. The fraction of sp³-hybridized carbons (Fsp3) is 0.407. The number of urea groups is 1. The van der Waals surface area contributed by atoms with E-state index in [9.17, 15) is 23.1 Å². The molecule has 1 N–H and O–H groups in total. The van der Waals surface area contributed by atoms with Crippen LogP contribution in [0, 0.1) is 11.3 Å². The van der Waals surface area contributed by atoms with Crippen molar-refractivity contribution in [3.63, 3.8) is 0 Å². The van der Waals surface area contributed by atoms with Crippen molar-refractivity contribution in [1.29, 1.82) is 5.26 Å². The predicted molar refractivity (Wildman–Crippen MR) is 135 cm³/mol. The molecule has 1 aliphatic heterocycles. The molecule has 0 unspecified atom stereocenters. The second-order valence-electron chi connectivity index (χ2n) is 10.7. The molecular formula is C27H29F3N6O2. The van der Waals surface area contributed by atoms with Crippen molar-refractivity contribution in [3.05, 3.63) is 71.0 Å². The summed E-state index contributed by atoms with van der Waals surface area (Å²) >= 11 is 0. The van der Waals surface area contributed by atoms with Gasteiger partial charge in [0.05, 0.1) is 52.5 Å². The maximum Gasteiger partial charge on any atom is 0.417 e. The molecule has 1 fully saturated rings. The van der Waals surface area contributed by atoms with E-state index < -0.39 is 34.5 Å². The van der Waals surface area contributed by atoms with Gasteiger partial charge in [-0.1, -0.05) is 17.3 Å². The van der Waals surface area contributed by atoms with Crippen molar-refractivity contribution in [2.24, 2.45) is 0 Å². The van der Waals surface area contributed by atoms with Crippen LogP contribution in [0.4, 0.5) is 23.7 Å². The monoisotopic (exact) mass is 526 g/mol. The number of alkyl halides is 3. The number of hydrogen-bond acceptors (Lipinski definition) is 5. The van der Waals surface area contributed by atoms with E-state index in [-0.39, 0.29) is 18.8 Å². The van der Waals surface area contributed by atoms with Crippen LogP contribution in [0.2, 0.25) is 0 Å². The Kier molecular flexibility index (Phi) is 6.97. The van der Waals surface area contributed by atoms with E-state index in [1.165, 1.54) is 11.0 Å². The number of carbonyl (C=O) groups excluding carboxylic acids is 1.